The van der Waals surface area contributed by atoms with E-state index < -0.39 is 54.3 Å². The van der Waals surface area contributed by atoms with E-state index in [9.17, 15) is 26.7 Å². The smallest absolute Gasteiger partial charge is 0.418 e. The van der Waals surface area contributed by atoms with Crippen LogP contribution >= 0.6 is 0 Å². The number of nitrogens with zero attached hydrogens (tertiary/aromatic N) is 3. The summed E-state index contributed by atoms with van der Waals surface area (Å²) in [6.45, 7) is 10.7. The lowest BCUT2D eigenvalue weighted by Gasteiger charge is -2.26. The first kappa shape index (κ1) is 32.6. The van der Waals surface area contributed by atoms with E-state index >= 15 is 0 Å². The van der Waals surface area contributed by atoms with Crippen molar-refractivity contribution in [2.75, 3.05) is 51.3 Å². The van der Waals surface area contributed by atoms with Gasteiger partial charge in [0.25, 0.3) is 0 Å². The van der Waals surface area contributed by atoms with Crippen LogP contribution in [0.4, 0.5) is 32.4 Å². The molecule has 43 heavy (non-hydrogen) atoms. The molecule has 0 saturated carbocycles. The fourth-order valence-corrected chi connectivity index (χ4v) is 5.20. The van der Waals surface area contributed by atoms with Crippen molar-refractivity contribution in [1.82, 2.24) is 19.8 Å². The second-order valence-corrected chi connectivity index (χ2v) is 17.0. The highest BCUT2D eigenvalue weighted by atomic mass is 28.3. The van der Waals surface area contributed by atoms with Gasteiger partial charge in [-0.25, -0.2) is 18.6 Å². The maximum Gasteiger partial charge on any atom is 0.418 e. The second kappa shape index (κ2) is 14.0. The van der Waals surface area contributed by atoms with Crippen LogP contribution in [-0.4, -0.2) is 74.6 Å². The topological polar surface area (TPSA) is 89.9 Å². The number of benzene rings is 1. The molecule has 1 aliphatic heterocycles. The molecule has 9 nitrogen and oxygen atoms in total. The van der Waals surface area contributed by atoms with Gasteiger partial charge in [0.15, 0.2) is 17.4 Å². The number of urea groups is 1. The molecule has 0 bridgehead atoms. The molecular weight excluding hydrogens is 593 g/mol. The molecule has 1 saturated heterocycles. The number of anilines is 1. The SMILES string of the molecule is C[Si](C)(C)CCOCn1cc(C(F)(F)F)c2c(Oc3cc(F)c(NC(=O)NCCCN4CCOCC4)cc3F)ccnc21. The predicted octanol–water partition coefficient (Wildman–Crippen LogP) is 6.28. The van der Waals surface area contributed by atoms with Crippen LogP contribution in [0.2, 0.25) is 25.7 Å². The van der Waals surface area contributed by atoms with Gasteiger partial charge < -0.3 is 29.4 Å². The molecule has 3 heterocycles. The Hall–Kier alpha value is -3.27. The van der Waals surface area contributed by atoms with Crippen LogP contribution in [0.15, 0.2) is 30.6 Å². The third-order valence-electron chi connectivity index (χ3n) is 6.78. The van der Waals surface area contributed by atoms with Gasteiger partial charge in [0.2, 0.25) is 0 Å². The van der Waals surface area contributed by atoms with Crippen molar-refractivity contribution in [1.29, 1.82) is 0 Å². The molecule has 236 valence electrons. The lowest BCUT2D eigenvalue weighted by molar-refractivity contribution is -0.136. The number of ether oxygens (including phenoxy) is 3. The second-order valence-electron chi connectivity index (χ2n) is 11.4. The minimum atomic E-state index is -4.78. The molecule has 15 heteroatoms. The number of pyridine rings is 1. The van der Waals surface area contributed by atoms with E-state index in [1.54, 1.807) is 0 Å². The van der Waals surface area contributed by atoms with Crippen LogP contribution in [0, 0.1) is 11.6 Å². The highest BCUT2D eigenvalue weighted by Gasteiger charge is 2.37. The predicted molar refractivity (Wildman–Crippen MR) is 154 cm³/mol. The third kappa shape index (κ3) is 9.11. The Morgan fingerprint density at radius 1 is 1.12 bits per heavy atom. The van der Waals surface area contributed by atoms with Gasteiger partial charge in [-0.2, -0.15) is 13.2 Å². The first-order chi connectivity index (χ1) is 20.3. The minimum absolute atomic E-state index is 0.0812. The van der Waals surface area contributed by atoms with Gasteiger partial charge in [-0.15, -0.1) is 0 Å². The first-order valence-corrected chi connectivity index (χ1v) is 17.7. The number of hydrogen-bond donors (Lipinski definition) is 2. The number of nitrogens with one attached hydrogen (secondary N) is 2. The van der Waals surface area contributed by atoms with Crippen LogP contribution in [0.3, 0.4) is 0 Å². The molecule has 2 amide bonds. The molecule has 3 aromatic rings. The van der Waals surface area contributed by atoms with Crippen molar-refractivity contribution in [3.05, 3.63) is 47.8 Å². The fourth-order valence-electron chi connectivity index (χ4n) is 4.44. The van der Waals surface area contributed by atoms with E-state index in [4.69, 9.17) is 14.2 Å². The number of rotatable bonds is 12. The Morgan fingerprint density at radius 2 is 1.86 bits per heavy atom. The summed E-state index contributed by atoms with van der Waals surface area (Å²) in [4.78, 5) is 18.5. The van der Waals surface area contributed by atoms with Crippen molar-refractivity contribution >= 4 is 30.8 Å². The molecule has 0 atom stereocenters. The summed E-state index contributed by atoms with van der Waals surface area (Å²) in [5.74, 6) is -3.14. The molecule has 0 spiro atoms. The fraction of sp³-hybridized carbons (Fsp3) is 0.500. The van der Waals surface area contributed by atoms with E-state index in [1.165, 1.54) is 10.8 Å². The van der Waals surface area contributed by atoms with Crippen LogP contribution in [0.5, 0.6) is 11.5 Å². The van der Waals surface area contributed by atoms with Gasteiger partial charge in [0.1, 0.15) is 18.1 Å². The summed E-state index contributed by atoms with van der Waals surface area (Å²) in [6.07, 6.45) is -2.05. The number of amides is 2. The van der Waals surface area contributed by atoms with E-state index in [0.29, 0.717) is 44.9 Å². The first-order valence-electron chi connectivity index (χ1n) is 14.0. The van der Waals surface area contributed by atoms with Crippen molar-refractivity contribution in [3.63, 3.8) is 0 Å². The Morgan fingerprint density at radius 3 is 2.56 bits per heavy atom. The monoisotopic (exact) mass is 629 g/mol. The standard InChI is InChI=1S/C28H36F5N5O4Si/c1-43(2,3)14-13-41-18-38-17-19(28(31,32)33)25-23(5-7-34-26(25)38)42-24-16-20(29)22(15-21(24)30)36-27(39)35-6-4-8-37-9-11-40-12-10-37/h5,7,15-17H,4,6,8-14,18H2,1-3H3,(H2,35,36,39). The van der Waals surface area contributed by atoms with Gasteiger partial charge >= 0.3 is 12.2 Å². The van der Waals surface area contributed by atoms with Gasteiger partial charge in [-0.05, 0) is 25.1 Å². The quantitative estimate of drug-likeness (QED) is 0.139. The van der Waals surface area contributed by atoms with E-state index in [-0.39, 0.29) is 18.1 Å². The zero-order valence-electron chi connectivity index (χ0n) is 24.3. The minimum Gasteiger partial charge on any atom is -0.453 e. The summed E-state index contributed by atoms with van der Waals surface area (Å²) in [5.41, 5.74) is -1.58. The van der Waals surface area contributed by atoms with Gasteiger partial charge in [-0.3, -0.25) is 4.90 Å². The molecule has 4 rings (SSSR count). The highest BCUT2D eigenvalue weighted by Crippen LogP contribution is 2.41. The molecule has 1 aliphatic rings. The number of hydrogen-bond acceptors (Lipinski definition) is 6. The number of carbonyl (C=O) groups excluding carboxylic acids is 1. The Balaban J connectivity index is 1.45. The summed E-state index contributed by atoms with van der Waals surface area (Å²) in [6, 6.07) is 2.61. The van der Waals surface area contributed by atoms with Gasteiger partial charge in [0, 0.05) is 58.8 Å². The molecule has 1 fully saturated rings. The molecule has 2 N–H and O–H groups in total. The average molecular weight is 630 g/mol. The Bertz CT molecular complexity index is 1410. The Kier molecular flexibility index (Phi) is 10.6. The van der Waals surface area contributed by atoms with Crippen LogP contribution in [-0.2, 0) is 22.4 Å². The summed E-state index contributed by atoms with van der Waals surface area (Å²) in [7, 11) is -1.41. The van der Waals surface area contributed by atoms with Crippen molar-refractivity contribution in [2.24, 2.45) is 0 Å². The number of halogens is 5. The zero-order valence-corrected chi connectivity index (χ0v) is 25.3. The summed E-state index contributed by atoms with van der Waals surface area (Å²) in [5, 5.41) is 4.42. The third-order valence-corrected chi connectivity index (χ3v) is 8.49. The lowest BCUT2D eigenvalue weighted by Crippen LogP contribution is -2.38. The zero-order chi connectivity index (χ0) is 31.2. The number of fused-ring (bicyclic) bond motifs is 1. The van der Waals surface area contributed by atoms with E-state index in [0.717, 1.165) is 37.9 Å². The molecular formula is C28H36F5N5O4Si. The molecule has 0 unspecified atom stereocenters. The molecule has 1 aromatic carbocycles. The van der Waals surface area contributed by atoms with Crippen molar-refractivity contribution in [2.45, 2.75) is 45.0 Å². The van der Waals surface area contributed by atoms with Crippen LogP contribution < -0.4 is 15.4 Å². The number of aromatic nitrogens is 2. The van der Waals surface area contributed by atoms with Crippen molar-refractivity contribution < 1.29 is 41.0 Å². The average Bonchev–Trinajstić information content (AvgIpc) is 3.32. The van der Waals surface area contributed by atoms with Crippen LogP contribution in [0.25, 0.3) is 11.0 Å². The maximum absolute atomic E-state index is 15.0. The summed E-state index contributed by atoms with van der Waals surface area (Å²) < 4.78 is 89.4. The lowest BCUT2D eigenvalue weighted by atomic mass is 10.2. The van der Waals surface area contributed by atoms with E-state index in [1.807, 2.05) is 0 Å². The van der Waals surface area contributed by atoms with Crippen molar-refractivity contribution in [3.8, 4) is 11.5 Å². The summed E-state index contributed by atoms with van der Waals surface area (Å²) >= 11 is 0. The van der Waals surface area contributed by atoms with E-state index in [2.05, 4.69) is 40.2 Å². The van der Waals surface area contributed by atoms with Gasteiger partial charge in [-0.1, -0.05) is 19.6 Å². The number of alkyl halides is 3. The highest BCUT2D eigenvalue weighted by molar-refractivity contribution is 6.76. The molecule has 0 aliphatic carbocycles. The molecule has 0 radical (unpaired) electrons. The largest absolute Gasteiger partial charge is 0.453 e. The number of morpholine rings is 1. The maximum atomic E-state index is 15.0. The number of carbonyl (C=O) groups is 1. The van der Waals surface area contributed by atoms with Crippen LogP contribution in [0.1, 0.15) is 12.0 Å². The van der Waals surface area contributed by atoms with Gasteiger partial charge in [0.05, 0.1) is 29.9 Å². The normalized spacial score (nSPS) is 14.7. The Labute approximate surface area is 247 Å². The molecule has 2 aromatic heterocycles.